The normalized spacial score (nSPS) is 19.1. The fourth-order valence-corrected chi connectivity index (χ4v) is 2.11. The van der Waals surface area contributed by atoms with Gasteiger partial charge in [-0.05, 0) is 12.5 Å². The van der Waals surface area contributed by atoms with Gasteiger partial charge in [0.25, 0.3) is 0 Å². The summed E-state index contributed by atoms with van der Waals surface area (Å²) in [6, 6.07) is 5.80. The third-order valence-electron chi connectivity index (χ3n) is 2.96. The maximum Gasteiger partial charge on any atom is 0.120 e. The summed E-state index contributed by atoms with van der Waals surface area (Å²) in [5.41, 5.74) is 2.03. The molecule has 0 saturated carbocycles. The van der Waals surface area contributed by atoms with Crippen LogP contribution < -0.4 is 9.64 Å². The summed E-state index contributed by atoms with van der Waals surface area (Å²) in [5, 5.41) is 9.92. The number of fused-ring (bicyclic) bond motifs is 1. The molecule has 1 atom stereocenters. The minimum Gasteiger partial charge on any atom is -0.497 e. The lowest BCUT2D eigenvalue weighted by Gasteiger charge is -2.33. The van der Waals surface area contributed by atoms with Crippen molar-refractivity contribution >= 4 is 5.69 Å². The molecule has 0 aromatic heterocycles. The second kappa shape index (κ2) is 4.58. The van der Waals surface area contributed by atoms with E-state index in [0.29, 0.717) is 0 Å². The molecule has 2 rings (SSSR count). The predicted octanol–water partition coefficient (Wildman–Crippen LogP) is 2.12. The second-order valence-corrected chi connectivity index (χ2v) is 3.96. The molecule has 1 N–H and O–H groups in total. The van der Waals surface area contributed by atoms with E-state index in [1.165, 1.54) is 0 Å². The Morgan fingerprint density at radius 1 is 1.62 bits per heavy atom. The molecule has 16 heavy (non-hydrogen) atoms. The Hall–Kier alpha value is -1.48. The SMILES string of the molecule is C=CCN1CC[C@@H](O)c2ccc(OC)cc21. The number of benzene rings is 1. The van der Waals surface area contributed by atoms with Crippen molar-refractivity contribution in [1.82, 2.24) is 0 Å². The summed E-state index contributed by atoms with van der Waals surface area (Å²) in [5.74, 6) is 0.821. The van der Waals surface area contributed by atoms with Crippen LogP contribution in [0.2, 0.25) is 0 Å². The quantitative estimate of drug-likeness (QED) is 0.790. The van der Waals surface area contributed by atoms with Gasteiger partial charge >= 0.3 is 0 Å². The molecule has 0 bridgehead atoms. The van der Waals surface area contributed by atoms with Gasteiger partial charge in [-0.15, -0.1) is 6.58 Å². The number of anilines is 1. The minimum atomic E-state index is -0.359. The number of nitrogens with zero attached hydrogens (tertiary/aromatic N) is 1. The fraction of sp³-hybridized carbons (Fsp3) is 0.385. The Balaban J connectivity index is 2.40. The van der Waals surface area contributed by atoms with Crippen LogP contribution in [0.4, 0.5) is 5.69 Å². The van der Waals surface area contributed by atoms with Gasteiger partial charge in [0.15, 0.2) is 0 Å². The highest BCUT2D eigenvalue weighted by molar-refractivity contribution is 5.60. The van der Waals surface area contributed by atoms with Crippen LogP contribution in [0.3, 0.4) is 0 Å². The van der Waals surface area contributed by atoms with Crippen molar-refractivity contribution < 1.29 is 9.84 Å². The smallest absolute Gasteiger partial charge is 0.120 e. The summed E-state index contributed by atoms with van der Waals surface area (Å²) < 4.78 is 5.21. The molecule has 1 aromatic carbocycles. The van der Waals surface area contributed by atoms with Crippen molar-refractivity contribution in [2.24, 2.45) is 0 Å². The van der Waals surface area contributed by atoms with E-state index in [4.69, 9.17) is 4.74 Å². The highest BCUT2D eigenvalue weighted by Gasteiger charge is 2.23. The van der Waals surface area contributed by atoms with Crippen LogP contribution in [0.5, 0.6) is 5.75 Å². The van der Waals surface area contributed by atoms with Gasteiger partial charge in [0.2, 0.25) is 0 Å². The lowest BCUT2D eigenvalue weighted by Crippen LogP contribution is -2.31. The first-order valence-corrected chi connectivity index (χ1v) is 5.48. The van der Waals surface area contributed by atoms with Gasteiger partial charge in [0.1, 0.15) is 5.75 Å². The Kier molecular flexibility index (Phi) is 3.15. The highest BCUT2D eigenvalue weighted by atomic mass is 16.5. The highest BCUT2D eigenvalue weighted by Crippen LogP contribution is 2.36. The molecule has 1 aliphatic rings. The molecule has 0 spiro atoms. The summed E-state index contributed by atoms with van der Waals surface area (Å²) in [6.07, 6.45) is 2.29. The molecule has 0 aliphatic carbocycles. The van der Waals surface area contributed by atoms with E-state index >= 15 is 0 Å². The van der Waals surface area contributed by atoms with Crippen molar-refractivity contribution in [2.75, 3.05) is 25.1 Å². The summed E-state index contributed by atoms with van der Waals surface area (Å²) in [4.78, 5) is 2.21. The van der Waals surface area contributed by atoms with E-state index in [9.17, 15) is 5.11 Å². The molecule has 86 valence electrons. The Morgan fingerprint density at radius 3 is 3.12 bits per heavy atom. The first kappa shape index (κ1) is 11.0. The van der Waals surface area contributed by atoms with Crippen LogP contribution in [-0.4, -0.2) is 25.3 Å². The van der Waals surface area contributed by atoms with Crippen LogP contribution in [0.1, 0.15) is 18.1 Å². The Bertz CT molecular complexity index is 390. The number of methoxy groups -OCH3 is 1. The van der Waals surface area contributed by atoms with E-state index in [2.05, 4.69) is 11.5 Å². The maximum atomic E-state index is 9.92. The van der Waals surface area contributed by atoms with Gasteiger partial charge in [-0.25, -0.2) is 0 Å². The van der Waals surface area contributed by atoms with Crippen molar-refractivity contribution in [3.8, 4) is 5.75 Å². The van der Waals surface area contributed by atoms with E-state index in [0.717, 1.165) is 36.5 Å². The van der Waals surface area contributed by atoms with Gasteiger partial charge in [-0.2, -0.15) is 0 Å². The van der Waals surface area contributed by atoms with Crippen molar-refractivity contribution in [1.29, 1.82) is 0 Å². The van der Waals surface area contributed by atoms with Gasteiger partial charge < -0.3 is 14.7 Å². The largest absolute Gasteiger partial charge is 0.497 e. The molecule has 0 unspecified atom stereocenters. The van der Waals surface area contributed by atoms with E-state index in [1.807, 2.05) is 24.3 Å². The van der Waals surface area contributed by atoms with Crippen LogP contribution in [0, 0.1) is 0 Å². The number of rotatable bonds is 3. The molecule has 1 heterocycles. The second-order valence-electron chi connectivity index (χ2n) is 3.96. The van der Waals surface area contributed by atoms with Crippen molar-refractivity contribution in [2.45, 2.75) is 12.5 Å². The zero-order valence-corrected chi connectivity index (χ0v) is 9.52. The van der Waals surface area contributed by atoms with Crippen LogP contribution in [-0.2, 0) is 0 Å². The predicted molar refractivity (Wildman–Crippen MR) is 65.0 cm³/mol. The summed E-state index contributed by atoms with van der Waals surface area (Å²) in [7, 11) is 1.65. The molecular weight excluding hydrogens is 202 g/mol. The van der Waals surface area contributed by atoms with Gasteiger partial charge in [0.05, 0.1) is 13.2 Å². The topological polar surface area (TPSA) is 32.7 Å². The van der Waals surface area contributed by atoms with Crippen molar-refractivity contribution in [3.63, 3.8) is 0 Å². The minimum absolute atomic E-state index is 0.359. The first-order chi connectivity index (χ1) is 7.76. The molecule has 1 aromatic rings. The average molecular weight is 219 g/mol. The monoisotopic (exact) mass is 219 g/mol. The molecule has 1 aliphatic heterocycles. The summed E-state index contributed by atoms with van der Waals surface area (Å²) >= 11 is 0. The molecule has 0 amide bonds. The average Bonchev–Trinajstić information content (AvgIpc) is 2.32. The zero-order valence-electron chi connectivity index (χ0n) is 9.52. The lowest BCUT2D eigenvalue weighted by atomic mass is 9.98. The summed E-state index contributed by atoms with van der Waals surface area (Å²) in [6.45, 7) is 5.41. The zero-order chi connectivity index (χ0) is 11.5. The molecule has 0 fully saturated rings. The number of aliphatic hydroxyl groups is 1. The molecule has 3 heteroatoms. The standard InChI is InChI=1S/C13H17NO2/c1-3-7-14-8-6-13(15)11-5-4-10(16-2)9-12(11)14/h3-5,9,13,15H,1,6-8H2,2H3/t13-/m1/s1. The number of ether oxygens (including phenoxy) is 1. The van der Waals surface area contributed by atoms with Gasteiger partial charge in [-0.1, -0.05) is 12.1 Å². The Labute approximate surface area is 96.0 Å². The van der Waals surface area contributed by atoms with E-state index in [-0.39, 0.29) is 6.10 Å². The van der Waals surface area contributed by atoms with Gasteiger partial charge in [0, 0.05) is 30.4 Å². The number of hydrogen-bond acceptors (Lipinski definition) is 3. The third-order valence-corrected chi connectivity index (χ3v) is 2.96. The van der Waals surface area contributed by atoms with E-state index in [1.54, 1.807) is 7.11 Å². The van der Waals surface area contributed by atoms with Crippen LogP contribution in [0.15, 0.2) is 30.9 Å². The number of aliphatic hydroxyl groups excluding tert-OH is 1. The number of hydrogen-bond donors (Lipinski definition) is 1. The maximum absolute atomic E-state index is 9.92. The first-order valence-electron chi connectivity index (χ1n) is 5.48. The lowest BCUT2D eigenvalue weighted by molar-refractivity contribution is 0.164. The molecule has 0 radical (unpaired) electrons. The fourth-order valence-electron chi connectivity index (χ4n) is 2.11. The van der Waals surface area contributed by atoms with E-state index < -0.39 is 0 Å². The van der Waals surface area contributed by atoms with Gasteiger partial charge in [-0.3, -0.25) is 0 Å². The molecule has 0 saturated heterocycles. The molecular formula is C13H17NO2. The van der Waals surface area contributed by atoms with Crippen LogP contribution in [0.25, 0.3) is 0 Å². The molecule has 3 nitrogen and oxygen atoms in total. The Morgan fingerprint density at radius 2 is 2.44 bits per heavy atom. The van der Waals surface area contributed by atoms with Crippen molar-refractivity contribution in [3.05, 3.63) is 36.4 Å². The van der Waals surface area contributed by atoms with Crippen LogP contribution >= 0.6 is 0 Å². The third kappa shape index (κ3) is 1.91.